The minimum absolute atomic E-state index is 0.00466. The van der Waals surface area contributed by atoms with Crippen LogP contribution in [0.1, 0.15) is 113 Å². The maximum Gasteiger partial charge on any atom is 0.134 e. The predicted molar refractivity (Wildman–Crippen MR) is 242 cm³/mol. The van der Waals surface area contributed by atoms with E-state index in [0.29, 0.717) is 17.3 Å². The topological polar surface area (TPSA) is 12.5 Å². The van der Waals surface area contributed by atoms with Crippen molar-refractivity contribution in [3.8, 4) is 33.8 Å². The molecule has 0 aromatic heterocycles. The summed E-state index contributed by atoms with van der Waals surface area (Å²) < 4.78 is 7.33. The maximum atomic E-state index is 7.33. The normalized spacial score (nSPS) is 29.5. The van der Waals surface area contributed by atoms with Crippen molar-refractivity contribution in [1.82, 2.24) is 0 Å². The Hall–Kier alpha value is -5.08. The van der Waals surface area contributed by atoms with E-state index in [1.165, 1.54) is 105 Å². The smallest absolute Gasteiger partial charge is 0.134 e. The largest absolute Gasteiger partial charge is 0.457 e. The highest BCUT2D eigenvalue weighted by molar-refractivity contribution is 5.90. The van der Waals surface area contributed by atoms with Crippen LogP contribution in [0.3, 0.4) is 0 Å². The molecule has 2 heteroatoms. The minimum Gasteiger partial charge on any atom is -0.457 e. The van der Waals surface area contributed by atoms with Crippen LogP contribution in [0.5, 0.6) is 11.5 Å². The first-order valence-corrected chi connectivity index (χ1v) is 22.6. The number of ether oxygens (including phenoxy) is 1. The Bertz CT molecular complexity index is 2790. The molecule has 0 radical (unpaired) electrons. The monoisotopic (exact) mass is 769 g/mol. The highest BCUT2D eigenvalue weighted by Gasteiger charge is 2.84. The van der Waals surface area contributed by atoms with Crippen molar-refractivity contribution in [2.75, 3.05) is 4.90 Å². The van der Waals surface area contributed by atoms with E-state index in [0.717, 1.165) is 29.8 Å². The highest BCUT2D eigenvalue weighted by atomic mass is 16.5. The predicted octanol–water partition coefficient (Wildman–Crippen LogP) is 14.9. The standard InChI is InChI=1S/C57H55NO/c1-53(2)25-26-54(3,4)52-44(53)20-14-21-46(52)58(37-23-24-40-39-17-10-11-18-42(39)55(5,6)45(40)31-37)38-30-41(35-15-8-7-9-16-35)51-48(32-38)59-47-22-13-12-19-43(47)57(51)49-28-34-27-36-29-50(57)56(36,49)33-34/h7-24,30-32,34,36,49-50H,25-29,33H2,1-6H3. The molecule has 59 heavy (non-hydrogen) atoms. The molecule has 0 amide bonds. The Balaban J connectivity index is 1.10. The van der Waals surface area contributed by atoms with Crippen LogP contribution in [0.4, 0.5) is 17.1 Å². The number of rotatable bonds is 4. The van der Waals surface area contributed by atoms with Crippen LogP contribution in [0.2, 0.25) is 0 Å². The van der Waals surface area contributed by atoms with Gasteiger partial charge in [0, 0.05) is 33.7 Å². The first-order chi connectivity index (χ1) is 28.4. The summed E-state index contributed by atoms with van der Waals surface area (Å²) in [6.45, 7) is 14.7. The molecule has 294 valence electrons. The van der Waals surface area contributed by atoms with Gasteiger partial charge in [0.25, 0.3) is 0 Å². The Labute approximate surface area is 350 Å². The van der Waals surface area contributed by atoms with Crippen molar-refractivity contribution in [2.24, 2.45) is 29.1 Å². The summed E-state index contributed by atoms with van der Waals surface area (Å²) in [6.07, 6.45) is 7.96. The van der Waals surface area contributed by atoms with E-state index < -0.39 is 0 Å². The second-order valence-corrected chi connectivity index (χ2v) is 21.6. The van der Waals surface area contributed by atoms with Gasteiger partial charge in [-0.3, -0.25) is 0 Å². The number of para-hydroxylation sites is 1. The first kappa shape index (κ1) is 34.8. The van der Waals surface area contributed by atoms with Crippen molar-refractivity contribution < 1.29 is 4.74 Å². The minimum atomic E-state index is -0.114. The number of anilines is 3. The molecule has 4 saturated carbocycles. The average Bonchev–Trinajstić information content (AvgIpc) is 3.85. The van der Waals surface area contributed by atoms with Crippen LogP contribution >= 0.6 is 0 Å². The molecule has 1 heterocycles. The second-order valence-electron chi connectivity index (χ2n) is 21.6. The zero-order valence-corrected chi connectivity index (χ0v) is 35.5. The van der Waals surface area contributed by atoms with Gasteiger partial charge < -0.3 is 9.64 Å². The Morgan fingerprint density at radius 1 is 0.525 bits per heavy atom. The fraction of sp³-hybridized carbons (Fsp3) is 0.368. The van der Waals surface area contributed by atoms with E-state index in [2.05, 4.69) is 174 Å². The lowest BCUT2D eigenvalue weighted by atomic mass is 9.26. The molecule has 6 atom stereocenters. The summed E-state index contributed by atoms with van der Waals surface area (Å²) in [7, 11) is 0. The number of nitrogens with zero attached hydrogens (tertiary/aromatic N) is 1. The summed E-state index contributed by atoms with van der Waals surface area (Å²) in [4.78, 5) is 2.63. The van der Waals surface area contributed by atoms with E-state index in [9.17, 15) is 0 Å². The Morgan fingerprint density at radius 2 is 1.24 bits per heavy atom. The molecule has 6 aromatic rings. The molecule has 6 aromatic carbocycles. The lowest BCUT2D eigenvalue weighted by molar-refractivity contribution is -0.234. The molecule has 0 saturated heterocycles. The van der Waals surface area contributed by atoms with Gasteiger partial charge in [0.1, 0.15) is 11.5 Å². The third-order valence-corrected chi connectivity index (χ3v) is 17.8. The Kier molecular flexibility index (Phi) is 6.59. The molecule has 2 spiro atoms. The van der Waals surface area contributed by atoms with Crippen LogP contribution in [-0.4, -0.2) is 0 Å². The third-order valence-electron chi connectivity index (χ3n) is 17.8. The van der Waals surface area contributed by atoms with Gasteiger partial charge in [0.15, 0.2) is 0 Å². The molecule has 0 N–H and O–H groups in total. The summed E-state index contributed by atoms with van der Waals surface area (Å²) in [5.41, 5.74) is 18.2. The molecule has 1 aliphatic heterocycles. The molecule has 2 nitrogen and oxygen atoms in total. The molecule has 6 unspecified atom stereocenters. The highest BCUT2D eigenvalue weighted by Crippen LogP contribution is 2.89. The molecular formula is C57H55NO. The van der Waals surface area contributed by atoms with E-state index >= 15 is 0 Å². The van der Waals surface area contributed by atoms with Gasteiger partial charge in [-0.15, -0.1) is 0 Å². The zero-order valence-electron chi connectivity index (χ0n) is 35.5. The SMILES string of the molecule is CC1(C)CCC(C)(C)c2c(N(c3cc4c(c(-c5ccccc5)c3)C3(c5ccccc5O4)C4CC5CC6CC3C64C5)c3ccc4c(c3)C(C)(C)c3ccccc3-4)cccc21. The first-order valence-electron chi connectivity index (χ1n) is 22.6. The van der Waals surface area contributed by atoms with Crippen molar-refractivity contribution >= 4 is 17.1 Å². The van der Waals surface area contributed by atoms with E-state index in [-0.39, 0.29) is 21.7 Å². The fourth-order valence-corrected chi connectivity index (χ4v) is 15.3. The summed E-state index contributed by atoms with van der Waals surface area (Å²) >= 11 is 0. The van der Waals surface area contributed by atoms with Crippen molar-refractivity contribution in [3.63, 3.8) is 0 Å². The molecule has 13 rings (SSSR count). The molecule has 2 bridgehead atoms. The van der Waals surface area contributed by atoms with Crippen LogP contribution in [-0.2, 0) is 21.7 Å². The van der Waals surface area contributed by atoms with E-state index in [1.54, 1.807) is 0 Å². The molecule has 4 fully saturated rings. The lowest BCUT2D eigenvalue weighted by Gasteiger charge is -2.77. The van der Waals surface area contributed by atoms with Gasteiger partial charge in [-0.05, 0) is 153 Å². The van der Waals surface area contributed by atoms with Gasteiger partial charge in [0.05, 0.1) is 11.4 Å². The summed E-state index contributed by atoms with van der Waals surface area (Å²) in [6, 6.07) is 49.0. The van der Waals surface area contributed by atoms with Gasteiger partial charge >= 0.3 is 0 Å². The molecule has 6 aliphatic carbocycles. The van der Waals surface area contributed by atoms with Crippen molar-refractivity contribution in [3.05, 3.63) is 161 Å². The molecular weight excluding hydrogens is 715 g/mol. The van der Waals surface area contributed by atoms with Crippen molar-refractivity contribution in [1.29, 1.82) is 0 Å². The van der Waals surface area contributed by atoms with Gasteiger partial charge in [-0.2, -0.15) is 0 Å². The second kappa shape index (κ2) is 11.2. The van der Waals surface area contributed by atoms with Gasteiger partial charge in [-0.1, -0.05) is 133 Å². The average molecular weight is 770 g/mol. The maximum absolute atomic E-state index is 7.33. The zero-order chi connectivity index (χ0) is 39.8. The molecule has 7 aliphatic rings. The van der Waals surface area contributed by atoms with Gasteiger partial charge in [-0.25, -0.2) is 0 Å². The Morgan fingerprint density at radius 3 is 2.07 bits per heavy atom. The fourth-order valence-electron chi connectivity index (χ4n) is 15.3. The number of benzene rings is 6. The van der Waals surface area contributed by atoms with Crippen molar-refractivity contribution in [2.45, 2.75) is 102 Å². The number of hydrogen-bond acceptors (Lipinski definition) is 2. The van der Waals surface area contributed by atoms with Crippen LogP contribution in [0, 0.1) is 29.1 Å². The lowest BCUT2D eigenvalue weighted by Crippen LogP contribution is -2.74. The third kappa shape index (κ3) is 4.15. The van der Waals surface area contributed by atoms with Crippen LogP contribution in [0.25, 0.3) is 22.3 Å². The number of fused-ring (bicyclic) bond motifs is 11. The van der Waals surface area contributed by atoms with E-state index in [1.807, 2.05) is 0 Å². The van der Waals surface area contributed by atoms with Gasteiger partial charge in [0.2, 0.25) is 0 Å². The quantitative estimate of drug-likeness (QED) is 0.177. The van der Waals surface area contributed by atoms with Crippen LogP contribution < -0.4 is 9.64 Å². The number of hydrogen-bond donors (Lipinski definition) is 0. The van der Waals surface area contributed by atoms with E-state index in [4.69, 9.17) is 4.74 Å². The van der Waals surface area contributed by atoms with Crippen LogP contribution in [0.15, 0.2) is 127 Å². The summed E-state index contributed by atoms with van der Waals surface area (Å²) in [5.74, 6) is 5.29. The summed E-state index contributed by atoms with van der Waals surface area (Å²) in [5, 5.41) is 0.